The topological polar surface area (TPSA) is 79.0 Å². The summed E-state index contributed by atoms with van der Waals surface area (Å²) in [6.45, 7) is 1.55. The number of carbonyl (C=O) groups is 1. The van der Waals surface area contributed by atoms with E-state index in [1.165, 1.54) is 23.5 Å². The number of amides is 1. The number of ether oxygens (including phenoxy) is 1. The molecule has 1 aliphatic rings. The van der Waals surface area contributed by atoms with Crippen LogP contribution in [0.2, 0.25) is 0 Å². The van der Waals surface area contributed by atoms with E-state index < -0.39 is 15.8 Å². The molecule has 7 nitrogen and oxygen atoms in total. The molecule has 0 unspecified atom stereocenters. The van der Waals surface area contributed by atoms with E-state index in [9.17, 15) is 17.6 Å². The first-order valence-electron chi connectivity index (χ1n) is 8.81. The smallest absolute Gasteiger partial charge is 0.243 e. The van der Waals surface area contributed by atoms with Gasteiger partial charge in [-0.1, -0.05) is 12.1 Å². The lowest BCUT2D eigenvalue weighted by atomic mass is 10.3. The van der Waals surface area contributed by atoms with Crippen molar-refractivity contribution in [1.82, 2.24) is 9.21 Å². The third kappa shape index (κ3) is 4.67. The van der Waals surface area contributed by atoms with Gasteiger partial charge in [-0.15, -0.1) is 0 Å². The van der Waals surface area contributed by atoms with E-state index in [-0.39, 0.29) is 30.4 Å². The minimum absolute atomic E-state index is 0.0660. The van der Waals surface area contributed by atoms with Crippen LogP contribution in [0.4, 0.5) is 10.1 Å². The van der Waals surface area contributed by atoms with Crippen LogP contribution in [0.25, 0.3) is 0 Å². The molecule has 0 radical (unpaired) electrons. The highest BCUT2D eigenvalue weighted by Crippen LogP contribution is 2.23. The Bertz CT molecular complexity index is 926. The van der Waals surface area contributed by atoms with Crippen molar-refractivity contribution < 1.29 is 22.3 Å². The number of rotatable bonds is 6. The Balaban J connectivity index is 1.55. The molecule has 1 N–H and O–H groups in total. The SMILES string of the molecule is COc1ccccc1NC(=O)CN1CCN(S(=O)(=O)c2ccc(F)cc2)CC1. The summed E-state index contributed by atoms with van der Waals surface area (Å²) < 4.78 is 44.9. The number of halogens is 1. The molecule has 2 aromatic rings. The predicted octanol–water partition coefficient (Wildman–Crippen LogP) is 1.78. The summed E-state index contributed by atoms with van der Waals surface area (Å²) in [5.74, 6) is -0.102. The van der Waals surface area contributed by atoms with E-state index in [1.807, 2.05) is 11.0 Å². The van der Waals surface area contributed by atoms with Crippen molar-refractivity contribution in [2.75, 3.05) is 45.2 Å². The van der Waals surface area contributed by atoms with Crippen LogP contribution in [0.15, 0.2) is 53.4 Å². The van der Waals surface area contributed by atoms with Gasteiger partial charge in [-0.3, -0.25) is 9.69 Å². The minimum atomic E-state index is -3.67. The summed E-state index contributed by atoms with van der Waals surface area (Å²) in [5.41, 5.74) is 0.590. The van der Waals surface area contributed by atoms with Gasteiger partial charge in [0.15, 0.2) is 0 Å². The maximum Gasteiger partial charge on any atom is 0.243 e. The van der Waals surface area contributed by atoms with Gasteiger partial charge in [-0.2, -0.15) is 4.31 Å². The number of anilines is 1. The van der Waals surface area contributed by atoms with Crippen molar-refractivity contribution in [2.45, 2.75) is 4.90 Å². The number of hydrogen-bond acceptors (Lipinski definition) is 5. The lowest BCUT2D eigenvalue weighted by Gasteiger charge is -2.33. The molecule has 1 heterocycles. The monoisotopic (exact) mass is 407 g/mol. The Morgan fingerprint density at radius 2 is 1.71 bits per heavy atom. The standard InChI is InChI=1S/C19H22FN3O4S/c1-27-18-5-3-2-4-17(18)21-19(24)14-22-10-12-23(13-11-22)28(25,26)16-8-6-15(20)7-9-16/h2-9H,10-14H2,1H3,(H,21,24). The second kappa shape index (κ2) is 8.68. The van der Waals surface area contributed by atoms with E-state index in [2.05, 4.69) is 5.32 Å². The Labute approximate surface area is 163 Å². The van der Waals surface area contributed by atoms with Crippen LogP contribution in [0.3, 0.4) is 0 Å². The summed E-state index contributed by atoms with van der Waals surface area (Å²) in [7, 11) is -2.13. The molecule has 9 heteroatoms. The van der Waals surface area contributed by atoms with Crippen LogP contribution in [0, 0.1) is 5.82 Å². The first-order valence-corrected chi connectivity index (χ1v) is 10.2. The quantitative estimate of drug-likeness (QED) is 0.790. The maximum absolute atomic E-state index is 13.0. The molecule has 1 fully saturated rings. The van der Waals surface area contributed by atoms with Crippen molar-refractivity contribution in [1.29, 1.82) is 0 Å². The van der Waals surface area contributed by atoms with Gasteiger partial charge in [0, 0.05) is 26.2 Å². The van der Waals surface area contributed by atoms with Crippen LogP contribution < -0.4 is 10.1 Å². The molecule has 2 aromatic carbocycles. The highest BCUT2D eigenvalue weighted by atomic mass is 32.2. The zero-order chi connectivity index (χ0) is 20.1. The summed E-state index contributed by atoms with van der Waals surface area (Å²) in [4.78, 5) is 14.3. The van der Waals surface area contributed by atoms with Crippen molar-refractivity contribution in [3.8, 4) is 5.75 Å². The zero-order valence-corrected chi connectivity index (χ0v) is 16.3. The van der Waals surface area contributed by atoms with Gasteiger partial charge in [0.25, 0.3) is 0 Å². The van der Waals surface area contributed by atoms with E-state index in [1.54, 1.807) is 18.2 Å². The predicted molar refractivity (Wildman–Crippen MR) is 103 cm³/mol. The van der Waals surface area contributed by atoms with Crippen LogP contribution in [0.5, 0.6) is 5.75 Å². The van der Waals surface area contributed by atoms with E-state index >= 15 is 0 Å². The fourth-order valence-electron chi connectivity index (χ4n) is 3.02. The van der Waals surface area contributed by atoms with Crippen LogP contribution in [-0.4, -0.2) is 63.4 Å². The molecule has 1 saturated heterocycles. The lowest BCUT2D eigenvalue weighted by Crippen LogP contribution is -2.50. The van der Waals surface area contributed by atoms with Gasteiger partial charge in [0.1, 0.15) is 11.6 Å². The highest BCUT2D eigenvalue weighted by molar-refractivity contribution is 7.89. The molecule has 0 spiro atoms. The number of sulfonamides is 1. The van der Waals surface area contributed by atoms with E-state index in [4.69, 9.17) is 4.74 Å². The number of para-hydroxylation sites is 2. The molecule has 150 valence electrons. The Morgan fingerprint density at radius 1 is 1.07 bits per heavy atom. The summed E-state index contributed by atoms with van der Waals surface area (Å²) in [6.07, 6.45) is 0. The number of benzene rings is 2. The van der Waals surface area contributed by atoms with Crippen molar-refractivity contribution in [2.24, 2.45) is 0 Å². The third-order valence-electron chi connectivity index (χ3n) is 4.53. The van der Waals surface area contributed by atoms with Gasteiger partial charge >= 0.3 is 0 Å². The Morgan fingerprint density at radius 3 is 2.36 bits per heavy atom. The number of carbonyl (C=O) groups excluding carboxylic acids is 1. The van der Waals surface area contributed by atoms with Crippen molar-refractivity contribution in [3.05, 3.63) is 54.3 Å². The zero-order valence-electron chi connectivity index (χ0n) is 15.5. The molecule has 0 aliphatic carbocycles. The molecule has 0 saturated carbocycles. The summed E-state index contributed by atoms with van der Waals surface area (Å²) in [5, 5.41) is 2.81. The molecule has 0 atom stereocenters. The Hall–Kier alpha value is -2.49. The minimum Gasteiger partial charge on any atom is -0.495 e. The summed E-state index contributed by atoms with van der Waals surface area (Å²) >= 11 is 0. The number of piperazine rings is 1. The molecule has 0 bridgehead atoms. The van der Waals surface area contributed by atoms with Crippen molar-refractivity contribution in [3.63, 3.8) is 0 Å². The molecular weight excluding hydrogens is 385 g/mol. The first-order chi connectivity index (χ1) is 13.4. The molecular formula is C19H22FN3O4S. The molecule has 28 heavy (non-hydrogen) atoms. The van der Waals surface area contributed by atoms with Crippen LogP contribution in [0.1, 0.15) is 0 Å². The normalized spacial score (nSPS) is 15.9. The number of nitrogens with one attached hydrogen (secondary N) is 1. The maximum atomic E-state index is 13.0. The number of nitrogens with zero attached hydrogens (tertiary/aromatic N) is 2. The average Bonchev–Trinajstić information content (AvgIpc) is 2.69. The Kier molecular flexibility index (Phi) is 6.28. The summed E-state index contributed by atoms with van der Waals surface area (Å²) in [6, 6.07) is 11.9. The van der Waals surface area contributed by atoms with Gasteiger partial charge in [-0.25, -0.2) is 12.8 Å². The van der Waals surface area contributed by atoms with Gasteiger partial charge < -0.3 is 10.1 Å². The highest BCUT2D eigenvalue weighted by Gasteiger charge is 2.29. The second-order valence-corrected chi connectivity index (χ2v) is 8.32. The lowest BCUT2D eigenvalue weighted by molar-refractivity contribution is -0.117. The third-order valence-corrected chi connectivity index (χ3v) is 6.44. The fraction of sp³-hybridized carbons (Fsp3) is 0.316. The van der Waals surface area contributed by atoms with Crippen LogP contribution >= 0.6 is 0 Å². The molecule has 3 rings (SSSR count). The van der Waals surface area contributed by atoms with Gasteiger partial charge in [0.05, 0.1) is 24.2 Å². The molecule has 0 aromatic heterocycles. The van der Waals surface area contributed by atoms with Crippen LogP contribution in [-0.2, 0) is 14.8 Å². The fourth-order valence-corrected chi connectivity index (χ4v) is 4.45. The molecule has 1 amide bonds. The first kappa shape index (κ1) is 20.2. The average molecular weight is 407 g/mol. The number of hydrogen-bond donors (Lipinski definition) is 1. The van der Waals surface area contributed by atoms with E-state index in [0.29, 0.717) is 24.5 Å². The van der Waals surface area contributed by atoms with Crippen molar-refractivity contribution >= 4 is 21.6 Å². The molecule has 1 aliphatic heterocycles. The second-order valence-electron chi connectivity index (χ2n) is 6.38. The largest absolute Gasteiger partial charge is 0.495 e. The van der Waals surface area contributed by atoms with E-state index in [0.717, 1.165) is 12.1 Å². The van der Waals surface area contributed by atoms with Gasteiger partial charge in [-0.05, 0) is 36.4 Å². The number of methoxy groups -OCH3 is 1. The van der Waals surface area contributed by atoms with Gasteiger partial charge in [0.2, 0.25) is 15.9 Å².